The van der Waals surface area contributed by atoms with Crippen LogP contribution >= 0.6 is 0 Å². The number of aliphatic carboxylic acids is 1. The predicted molar refractivity (Wildman–Crippen MR) is 66.7 cm³/mol. The molecule has 104 valence electrons. The van der Waals surface area contributed by atoms with Crippen LogP contribution in [0.3, 0.4) is 0 Å². The van der Waals surface area contributed by atoms with E-state index in [9.17, 15) is 14.0 Å². The summed E-state index contributed by atoms with van der Waals surface area (Å²) >= 11 is 0. The van der Waals surface area contributed by atoms with Gasteiger partial charge in [-0.3, -0.25) is 9.59 Å². The predicted octanol–water partition coefficient (Wildman–Crippen LogP) is 1.63. The molecule has 1 aromatic rings. The summed E-state index contributed by atoms with van der Waals surface area (Å²) in [6, 6.07) is 3.62. The highest BCUT2D eigenvalue weighted by Crippen LogP contribution is 2.21. The van der Waals surface area contributed by atoms with Gasteiger partial charge < -0.3 is 14.7 Å². The summed E-state index contributed by atoms with van der Waals surface area (Å²) in [5.41, 5.74) is 0.0718. The van der Waals surface area contributed by atoms with Gasteiger partial charge in [0, 0.05) is 13.6 Å². The Morgan fingerprint density at radius 1 is 1.47 bits per heavy atom. The van der Waals surface area contributed by atoms with Crippen LogP contribution in [0, 0.1) is 11.7 Å². The standard InChI is InChI=1S/C13H16FNO4/c1-8(13(17)18)7-15(2)12(16)10-6-9(14)4-5-11(10)19-3/h4-6,8H,7H2,1-3H3,(H,17,18). The molecule has 0 radical (unpaired) electrons. The van der Waals surface area contributed by atoms with E-state index in [4.69, 9.17) is 9.84 Å². The highest BCUT2D eigenvalue weighted by molar-refractivity contribution is 5.97. The van der Waals surface area contributed by atoms with Crippen molar-refractivity contribution in [1.29, 1.82) is 0 Å². The molecule has 1 N–H and O–H groups in total. The Morgan fingerprint density at radius 3 is 2.63 bits per heavy atom. The molecule has 1 atom stereocenters. The first-order chi connectivity index (χ1) is 8.86. The summed E-state index contributed by atoms with van der Waals surface area (Å²) in [6.07, 6.45) is 0. The Bertz CT molecular complexity index is 490. The average molecular weight is 269 g/mol. The van der Waals surface area contributed by atoms with Crippen LogP contribution in [0.15, 0.2) is 18.2 Å². The van der Waals surface area contributed by atoms with E-state index in [1.165, 1.54) is 38.1 Å². The molecule has 0 aromatic heterocycles. The van der Waals surface area contributed by atoms with Crippen molar-refractivity contribution in [2.24, 2.45) is 5.92 Å². The van der Waals surface area contributed by atoms with E-state index in [-0.39, 0.29) is 17.9 Å². The summed E-state index contributed by atoms with van der Waals surface area (Å²) < 4.78 is 18.2. The molecule has 0 aliphatic carbocycles. The van der Waals surface area contributed by atoms with Gasteiger partial charge in [-0.05, 0) is 18.2 Å². The van der Waals surface area contributed by atoms with E-state index in [0.29, 0.717) is 0 Å². The molecule has 0 spiro atoms. The fourth-order valence-electron chi connectivity index (χ4n) is 1.62. The van der Waals surface area contributed by atoms with E-state index in [0.717, 1.165) is 6.07 Å². The molecule has 0 saturated heterocycles. The van der Waals surface area contributed by atoms with Crippen molar-refractivity contribution in [3.8, 4) is 5.75 Å². The highest BCUT2D eigenvalue weighted by atomic mass is 19.1. The fraction of sp³-hybridized carbons (Fsp3) is 0.385. The van der Waals surface area contributed by atoms with Crippen molar-refractivity contribution in [2.75, 3.05) is 20.7 Å². The number of rotatable bonds is 5. The Hall–Kier alpha value is -2.11. The number of carbonyl (C=O) groups excluding carboxylic acids is 1. The number of amides is 1. The van der Waals surface area contributed by atoms with Gasteiger partial charge in [0.25, 0.3) is 5.91 Å². The third kappa shape index (κ3) is 3.67. The third-order valence-electron chi connectivity index (χ3n) is 2.71. The normalized spacial score (nSPS) is 11.8. The molecular formula is C13H16FNO4. The van der Waals surface area contributed by atoms with Crippen molar-refractivity contribution in [3.63, 3.8) is 0 Å². The molecule has 0 aliphatic heterocycles. The summed E-state index contributed by atoms with van der Waals surface area (Å²) in [5.74, 6) is -2.48. The van der Waals surface area contributed by atoms with Gasteiger partial charge in [0.15, 0.2) is 0 Å². The van der Waals surface area contributed by atoms with Gasteiger partial charge in [0.1, 0.15) is 11.6 Å². The minimum absolute atomic E-state index is 0.0355. The van der Waals surface area contributed by atoms with Crippen LogP contribution in [0.5, 0.6) is 5.75 Å². The van der Waals surface area contributed by atoms with Gasteiger partial charge in [-0.25, -0.2) is 4.39 Å². The maximum absolute atomic E-state index is 13.2. The number of nitrogens with zero attached hydrogens (tertiary/aromatic N) is 1. The van der Waals surface area contributed by atoms with E-state index in [2.05, 4.69) is 0 Å². The lowest BCUT2D eigenvalue weighted by Gasteiger charge is -2.20. The number of ether oxygens (including phenoxy) is 1. The van der Waals surface area contributed by atoms with Crippen LogP contribution in [0.1, 0.15) is 17.3 Å². The molecular weight excluding hydrogens is 253 g/mol. The molecule has 0 aliphatic rings. The number of methoxy groups -OCH3 is 1. The second-order valence-corrected chi connectivity index (χ2v) is 4.27. The number of benzene rings is 1. The topological polar surface area (TPSA) is 66.8 Å². The molecule has 0 saturated carbocycles. The van der Waals surface area contributed by atoms with Crippen molar-refractivity contribution in [1.82, 2.24) is 4.90 Å². The molecule has 19 heavy (non-hydrogen) atoms. The van der Waals surface area contributed by atoms with Crippen LogP contribution in [0.25, 0.3) is 0 Å². The van der Waals surface area contributed by atoms with Crippen LogP contribution in [0.4, 0.5) is 4.39 Å². The Morgan fingerprint density at radius 2 is 2.11 bits per heavy atom. The molecule has 0 heterocycles. The zero-order valence-corrected chi connectivity index (χ0v) is 11.0. The summed E-state index contributed by atoms with van der Waals surface area (Å²) in [5, 5.41) is 8.81. The number of hydrogen-bond acceptors (Lipinski definition) is 3. The minimum atomic E-state index is -0.995. The molecule has 1 aromatic carbocycles. The second-order valence-electron chi connectivity index (χ2n) is 4.27. The SMILES string of the molecule is COc1ccc(F)cc1C(=O)N(C)CC(C)C(=O)O. The summed E-state index contributed by atoms with van der Waals surface area (Å²) in [7, 11) is 2.84. The zero-order chi connectivity index (χ0) is 14.6. The number of carboxylic acid groups (broad SMARTS) is 1. The lowest BCUT2D eigenvalue weighted by atomic mass is 10.1. The summed E-state index contributed by atoms with van der Waals surface area (Å²) in [4.78, 5) is 24.1. The number of halogens is 1. The highest BCUT2D eigenvalue weighted by Gasteiger charge is 2.21. The van der Waals surface area contributed by atoms with Crippen LogP contribution < -0.4 is 4.74 Å². The zero-order valence-electron chi connectivity index (χ0n) is 11.0. The number of hydrogen-bond donors (Lipinski definition) is 1. The summed E-state index contributed by atoms with van der Waals surface area (Å²) in [6.45, 7) is 1.53. The van der Waals surface area contributed by atoms with Crippen molar-refractivity contribution >= 4 is 11.9 Å². The Labute approximate surface area is 110 Å². The van der Waals surface area contributed by atoms with Gasteiger partial charge in [-0.15, -0.1) is 0 Å². The van der Waals surface area contributed by atoms with Gasteiger partial charge >= 0.3 is 5.97 Å². The Kier molecular flexibility index (Phi) is 4.86. The smallest absolute Gasteiger partial charge is 0.308 e. The molecule has 6 heteroatoms. The van der Waals surface area contributed by atoms with Gasteiger partial charge in [0.05, 0.1) is 18.6 Å². The van der Waals surface area contributed by atoms with E-state index in [1.54, 1.807) is 0 Å². The maximum Gasteiger partial charge on any atom is 0.308 e. The van der Waals surface area contributed by atoms with Crippen molar-refractivity contribution in [3.05, 3.63) is 29.6 Å². The van der Waals surface area contributed by atoms with Gasteiger partial charge in [0.2, 0.25) is 0 Å². The van der Waals surface area contributed by atoms with Crippen LogP contribution in [-0.4, -0.2) is 42.6 Å². The monoisotopic (exact) mass is 269 g/mol. The van der Waals surface area contributed by atoms with E-state index >= 15 is 0 Å². The average Bonchev–Trinajstić information content (AvgIpc) is 2.37. The van der Waals surface area contributed by atoms with Crippen molar-refractivity contribution in [2.45, 2.75) is 6.92 Å². The first-order valence-electron chi connectivity index (χ1n) is 5.68. The van der Waals surface area contributed by atoms with Gasteiger partial charge in [-0.1, -0.05) is 6.92 Å². The van der Waals surface area contributed by atoms with Crippen LogP contribution in [0.2, 0.25) is 0 Å². The Balaban J connectivity index is 2.93. The first kappa shape index (κ1) is 14.9. The second kappa shape index (κ2) is 6.17. The van der Waals surface area contributed by atoms with Crippen molar-refractivity contribution < 1.29 is 23.8 Å². The first-order valence-corrected chi connectivity index (χ1v) is 5.68. The minimum Gasteiger partial charge on any atom is -0.496 e. The van der Waals surface area contributed by atoms with Crippen LogP contribution in [-0.2, 0) is 4.79 Å². The lowest BCUT2D eigenvalue weighted by Crippen LogP contribution is -2.33. The maximum atomic E-state index is 13.2. The largest absolute Gasteiger partial charge is 0.496 e. The third-order valence-corrected chi connectivity index (χ3v) is 2.71. The van der Waals surface area contributed by atoms with E-state index < -0.39 is 23.6 Å². The number of carboxylic acids is 1. The lowest BCUT2D eigenvalue weighted by molar-refractivity contribution is -0.141. The molecule has 0 bridgehead atoms. The quantitative estimate of drug-likeness (QED) is 0.882. The number of carbonyl (C=O) groups is 2. The fourth-order valence-corrected chi connectivity index (χ4v) is 1.62. The molecule has 5 nitrogen and oxygen atoms in total. The van der Waals surface area contributed by atoms with E-state index in [1.807, 2.05) is 0 Å². The molecule has 1 amide bonds. The molecule has 1 unspecified atom stereocenters. The molecule has 0 fully saturated rings. The molecule has 1 rings (SSSR count). The van der Waals surface area contributed by atoms with Gasteiger partial charge in [-0.2, -0.15) is 0 Å².